The molecule has 0 aromatic heterocycles. The van der Waals surface area contributed by atoms with Crippen molar-refractivity contribution in [3.05, 3.63) is 29.8 Å². The van der Waals surface area contributed by atoms with Gasteiger partial charge in [-0.25, -0.2) is 0 Å². The summed E-state index contributed by atoms with van der Waals surface area (Å²) in [5, 5.41) is 3.54. The fraction of sp³-hybridized carbons (Fsp3) is 0.625. The van der Waals surface area contributed by atoms with E-state index in [1.165, 1.54) is 11.3 Å². The van der Waals surface area contributed by atoms with Crippen LogP contribution in [0.1, 0.15) is 19.4 Å². The molecule has 1 aromatic rings. The van der Waals surface area contributed by atoms with Gasteiger partial charge in [0.15, 0.2) is 0 Å². The van der Waals surface area contributed by atoms with Crippen LogP contribution in [0.2, 0.25) is 0 Å². The van der Waals surface area contributed by atoms with Gasteiger partial charge in [-0.05, 0) is 37.8 Å². The normalized spacial score (nSPS) is 16.4. The second-order valence-electron chi connectivity index (χ2n) is 5.83. The molecule has 1 heterocycles. The van der Waals surface area contributed by atoms with Gasteiger partial charge in [-0.1, -0.05) is 12.1 Å². The van der Waals surface area contributed by atoms with Crippen molar-refractivity contribution in [1.82, 2.24) is 5.32 Å². The number of hydrogen-bond acceptors (Lipinski definition) is 4. The molecule has 0 amide bonds. The summed E-state index contributed by atoms with van der Waals surface area (Å²) >= 11 is 1.90. The number of nitrogens with one attached hydrogen (secondary N) is 1. The van der Waals surface area contributed by atoms with Crippen molar-refractivity contribution in [3.63, 3.8) is 0 Å². The van der Waals surface area contributed by atoms with Crippen molar-refractivity contribution in [3.8, 4) is 0 Å². The zero-order valence-electron chi connectivity index (χ0n) is 12.8. The molecule has 0 atom stereocenters. The van der Waals surface area contributed by atoms with E-state index in [9.17, 15) is 0 Å². The lowest BCUT2D eigenvalue weighted by atomic mass is 10.1. The zero-order chi connectivity index (χ0) is 14.4. The van der Waals surface area contributed by atoms with Gasteiger partial charge in [-0.15, -0.1) is 0 Å². The summed E-state index contributed by atoms with van der Waals surface area (Å²) < 4.78 is 5.69. The van der Waals surface area contributed by atoms with Crippen LogP contribution in [0.15, 0.2) is 24.3 Å². The van der Waals surface area contributed by atoms with Crippen LogP contribution in [0.5, 0.6) is 0 Å². The van der Waals surface area contributed by atoms with Crippen LogP contribution >= 0.6 is 11.8 Å². The van der Waals surface area contributed by atoms with Crippen LogP contribution in [0.3, 0.4) is 0 Å². The predicted octanol–water partition coefficient (Wildman–Crippen LogP) is 2.75. The largest absolute Gasteiger partial charge is 0.378 e. The van der Waals surface area contributed by atoms with E-state index >= 15 is 0 Å². The first-order valence-corrected chi connectivity index (χ1v) is 8.51. The lowest BCUT2D eigenvalue weighted by Crippen LogP contribution is -2.36. The first kappa shape index (κ1) is 15.7. The predicted molar refractivity (Wildman–Crippen MR) is 88.8 cm³/mol. The lowest BCUT2D eigenvalue weighted by molar-refractivity contribution is 0.122. The second kappa shape index (κ2) is 7.34. The summed E-state index contributed by atoms with van der Waals surface area (Å²) in [7, 11) is 0. The third kappa shape index (κ3) is 4.69. The van der Waals surface area contributed by atoms with Gasteiger partial charge in [0.25, 0.3) is 0 Å². The van der Waals surface area contributed by atoms with E-state index in [1.807, 2.05) is 11.8 Å². The number of anilines is 1. The molecule has 1 aromatic carbocycles. The Bertz CT molecular complexity index is 399. The van der Waals surface area contributed by atoms with Crippen LogP contribution in [0.4, 0.5) is 5.69 Å². The van der Waals surface area contributed by atoms with Gasteiger partial charge in [0.1, 0.15) is 0 Å². The van der Waals surface area contributed by atoms with E-state index in [1.54, 1.807) is 0 Å². The van der Waals surface area contributed by atoms with Crippen molar-refractivity contribution < 1.29 is 4.74 Å². The van der Waals surface area contributed by atoms with Gasteiger partial charge in [-0.2, -0.15) is 11.8 Å². The number of benzene rings is 1. The highest BCUT2D eigenvalue weighted by Gasteiger charge is 2.15. The molecule has 1 fully saturated rings. The van der Waals surface area contributed by atoms with Gasteiger partial charge in [0.05, 0.1) is 13.2 Å². The van der Waals surface area contributed by atoms with Gasteiger partial charge in [0, 0.05) is 36.6 Å². The lowest BCUT2D eigenvalue weighted by Gasteiger charge is -2.29. The van der Waals surface area contributed by atoms with Crippen molar-refractivity contribution in [2.75, 3.05) is 44.0 Å². The highest BCUT2D eigenvalue weighted by Crippen LogP contribution is 2.20. The van der Waals surface area contributed by atoms with E-state index in [4.69, 9.17) is 4.74 Å². The average molecular weight is 294 g/mol. The number of thioether (sulfide) groups is 1. The molecule has 2 rings (SSSR count). The highest BCUT2D eigenvalue weighted by atomic mass is 32.2. The second-order valence-corrected chi connectivity index (χ2v) is 7.35. The minimum absolute atomic E-state index is 0.299. The Kier molecular flexibility index (Phi) is 5.75. The molecule has 3 nitrogen and oxygen atoms in total. The van der Waals surface area contributed by atoms with Crippen LogP contribution in [-0.2, 0) is 11.3 Å². The standard InChI is InChI=1S/C16H26N2OS/c1-16(2,20-3)13-17-12-14-4-6-15(7-5-14)18-8-10-19-11-9-18/h4-7,17H,8-13H2,1-3H3. The Labute approximate surface area is 127 Å². The van der Waals surface area contributed by atoms with E-state index in [0.717, 1.165) is 39.4 Å². The quantitative estimate of drug-likeness (QED) is 0.872. The zero-order valence-corrected chi connectivity index (χ0v) is 13.6. The van der Waals surface area contributed by atoms with Crippen LogP contribution in [0, 0.1) is 0 Å². The maximum atomic E-state index is 5.39. The number of morpholine rings is 1. The molecular weight excluding hydrogens is 268 g/mol. The molecule has 20 heavy (non-hydrogen) atoms. The Morgan fingerprint density at radius 1 is 1.20 bits per heavy atom. The molecule has 4 heteroatoms. The SMILES string of the molecule is CSC(C)(C)CNCc1ccc(N2CCOCC2)cc1. The molecule has 0 bridgehead atoms. The third-order valence-corrected chi connectivity index (χ3v) is 4.99. The van der Waals surface area contributed by atoms with Crippen molar-refractivity contribution in [1.29, 1.82) is 0 Å². The Hall–Kier alpha value is -0.710. The first-order valence-electron chi connectivity index (χ1n) is 7.28. The van der Waals surface area contributed by atoms with E-state index < -0.39 is 0 Å². The van der Waals surface area contributed by atoms with Crippen LogP contribution in [-0.4, -0.2) is 43.9 Å². The fourth-order valence-electron chi connectivity index (χ4n) is 2.23. The molecule has 0 spiro atoms. The first-order chi connectivity index (χ1) is 9.61. The maximum absolute atomic E-state index is 5.39. The van der Waals surface area contributed by atoms with Crippen molar-refractivity contribution in [2.45, 2.75) is 25.1 Å². The Balaban J connectivity index is 1.82. The molecule has 0 aliphatic carbocycles. The van der Waals surface area contributed by atoms with Gasteiger partial charge < -0.3 is 15.0 Å². The molecule has 0 unspecified atom stereocenters. The van der Waals surface area contributed by atoms with Gasteiger partial charge in [-0.3, -0.25) is 0 Å². The maximum Gasteiger partial charge on any atom is 0.0642 e. The van der Waals surface area contributed by atoms with E-state index in [-0.39, 0.29) is 0 Å². The number of rotatable bonds is 6. The smallest absolute Gasteiger partial charge is 0.0642 e. The van der Waals surface area contributed by atoms with Gasteiger partial charge in [0.2, 0.25) is 0 Å². The minimum atomic E-state index is 0.299. The van der Waals surface area contributed by atoms with Crippen molar-refractivity contribution in [2.24, 2.45) is 0 Å². The number of nitrogens with zero attached hydrogens (tertiary/aromatic N) is 1. The fourth-order valence-corrected chi connectivity index (χ4v) is 2.47. The summed E-state index contributed by atoms with van der Waals surface area (Å²) in [6, 6.07) is 8.90. The molecule has 1 N–H and O–H groups in total. The molecule has 1 aliphatic rings. The van der Waals surface area contributed by atoms with E-state index in [2.05, 4.69) is 54.6 Å². The van der Waals surface area contributed by atoms with Crippen LogP contribution in [0.25, 0.3) is 0 Å². The van der Waals surface area contributed by atoms with Crippen LogP contribution < -0.4 is 10.2 Å². The highest BCUT2D eigenvalue weighted by molar-refractivity contribution is 7.99. The minimum Gasteiger partial charge on any atom is -0.378 e. The number of hydrogen-bond donors (Lipinski definition) is 1. The van der Waals surface area contributed by atoms with E-state index in [0.29, 0.717) is 4.75 Å². The summed E-state index contributed by atoms with van der Waals surface area (Å²) in [5.74, 6) is 0. The molecule has 0 radical (unpaired) electrons. The number of ether oxygens (including phenoxy) is 1. The molecule has 1 aliphatic heterocycles. The molecule has 0 saturated carbocycles. The summed E-state index contributed by atoms with van der Waals surface area (Å²) in [6.45, 7) is 10.2. The Morgan fingerprint density at radius 3 is 2.45 bits per heavy atom. The molecule has 1 saturated heterocycles. The average Bonchev–Trinajstić information content (AvgIpc) is 2.49. The monoisotopic (exact) mass is 294 g/mol. The topological polar surface area (TPSA) is 24.5 Å². The summed E-state index contributed by atoms with van der Waals surface area (Å²) in [5.41, 5.74) is 2.65. The Morgan fingerprint density at radius 2 is 1.85 bits per heavy atom. The summed E-state index contributed by atoms with van der Waals surface area (Å²) in [6.07, 6.45) is 2.17. The van der Waals surface area contributed by atoms with Crippen molar-refractivity contribution >= 4 is 17.4 Å². The molecule has 112 valence electrons. The third-order valence-electron chi connectivity index (χ3n) is 3.75. The summed E-state index contributed by atoms with van der Waals surface area (Å²) in [4.78, 5) is 2.39. The van der Waals surface area contributed by atoms with Gasteiger partial charge >= 0.3 is 0 Å². The molecular formula is C16H26N2OS.